The number of amides is 3. The zero-order valence-corrected chi connectivity index (χ0v) is 25.0. The van der Waals surface area contributed by atoms with Gasteiger partial charge in [0.2, 0.25) is 11.8 Å². The van der Waals surface area contributed by atoms with Crippen LogP contribution in [0.1, 0.15) is 19.4 Å². The van der Waals surface area contributed by atoms with Gasteiger partial charge in [-0.05, 0) is 50.1 Å². The zero-order chi connectivity index (χ0) is 30.3. The molecule has 226 valence electrons. The van der Waals surface area contributed by atoms with E-state index >= 15 is 0 Å². The van der Waals surface area contributed by atoms with Crippen molar-refractivity contribution < 1.29 is 24.2 Å². The van der Waals surface area contributed by atoms with Gasteiger partial charge >= 0.3 is 0 Å². The summed E-state index contributed by atoms with van der Waals surface area (Å²) in [5, 5.41) is 10.7. The first-order valence-electron chi connectivity index (χ1n) is 15.2. The van der Waals surface area contributed by atoms with E-state index in [2.05, 4.69) is 18.7 Å². The second kappa shape index (κ2) is 11.6. The van der Waals surface area contributed by atoms with E-state index in [1.807, 2.05) is 78.9 Å². The monoisotopic (exact) mass is 584 g/mol. The molecule has 1 spiro atoms. The van der Waals surface area contributed by atoms with Crippen LogP contribution >= 0.6 is 0 Å². The van der Waals surface area contributed by atoms with Crippen LogP contribution in [-0.2, 0) is 25.5 Å². The number of benzene rings is 2. The van der Waals surface area contributed by atoms with Crippen molar-refractivity contribution in [2.75, 3.05) is 49.6 Å². The summed E-state index contributed by atoms with van der Waals surface area (Å²) < 4.78 is 6.72. The molecule has 0 aromatic heterocycles. The molecule has 1 N–H and O–H groups in total. The lowest BCUT2D eigenvalue weighted by atomic mass is 9.77. The summed E-state index contributed by atoms with van der Waals surface area (Å²) in [6.07, 6.45) is 7.20. The van der Waals surface area contributed by atoms with Crippen molar-refractivity contribution in [3.8, 4) is 0 Å². The fourth-order valence-electron chi connectivity index (χ4n) is 7.40. The van der Waals surface area contributed by atoms with Gasteiger partial charge in [-0.3, -0.25) is 14.4 Å². The van der Waals surface area contributed by atoms with E-state index in [0.717, 1.165) is 24.3 Å². The van der Waals surface area contributed by atoms with E-state index in [9.17, 15) is 19.5 Å². The highest BCUT2D eigenvalue weighted by atomic mass is 16.5. The van der Waals surface area contributed by atoms with Crippen molar-refractivity contribution >= 4 is 29.1 Å². The molecule has 2 aromatic rings. The minimum absolute atomic E-state index is 0.177. The third kappa shape index (κ3) is 4.75. The van der Waals surface area contributed by atoms with Crippen molar-refractivity contribution in [3.63, 3.8) is 0 Å². The molecule has 4 heterocycles. The van der Waals surface area contributed by atoms with Crippen molar-refractivity contribution in [3.05, 3.63) is 84.5 Å². The van der Waals surface area contributed by atoms with Crippen LogP contribution in [-0.4, -0.2) is 96.3 Å². The van der Waals surface area contributed by atoms with Gasteiger partial charge in [0.15, 0.2) is 0 Å². The molecule has 1 unspecified atom stereocenters. The molecule has 2 fully saturated rings. The van der Waals surface area contributed by atoms with Crippen LogP contribution < -0.4 is 9.80 Å². The van der Waals surface area contributed by atoms with E-state index in [4.69, 9.17) is 4.74 Å². The predicted octanol–water partition coefficient (Wildman–Crippen LogP) is 2.65. The Morgan fingerprint density at radius 2 is 1.67 bits per heavy atom. The Labute approximate surface area is 253 Å². The summed E-state index contributed by atoms with van der Waals surface area (Å²) in [6.45, 7) is 6.34. The SMILES string of the molecule is CCN(CC)c1ccc(N2CC=C[C@]34O[C@H]5C=CCN(C)C(=O)[C@H]5[C@H]3C(=O)N([C@@H](CO)Cc3ccccc3)C4C2=O)cc1. The number of aliphatic hydroxyl groups is 1. The molecule has 0 saturated carbocycles. The largest absolute Gasteiger partial charge is 0.394 e. The number of ether oxygens (including phenoxy) is 1. The first kappa shape index (κ1) is 29.1. The predicted molar refractivity (Wildman–Crippen MR) is 165 cm³/mol. The van der Waals surface area contributed by atoms with E-state index in [1.54, 1.807) is 16.8 Å². The fraction of sp³-hybridized carbons (Fsp3) is 0.441. The molecule has 9 nitrogen and oxygen atoms in total. The van der Waals surface area contributed by atoms with E-state index < -0.39 is 35.6 Å². The normalized spacial score (nSPS) is 28.8. The van der Waals surface area contributed by atoms with Crippen molar-refractivity contribution in [2.45, 2.75) is 44.1 Å². The first-order chi connectivity index (χ1) is 20.8. The molecule has 4 aliphatic heterocycles. The quantitative estimate of drug-likeness (QED) is 0.480. The Balaban J connectivity index is 1.44. The average Bonchev–Trinajstić information content (AvgIpc) is 3.36. The average molecular weight is 585 g/mol. The van der Waals surface area contributed by atoms with Crippen LogP contribution in [0.2, 0.25) is 0 Å². The summed E-state index contributed by atoms with van der Waals surface area (Å²) in [5.74, 6) is -2.46. The number of carbonyl (C=O) groups excluding carboxylic acids is 3. The van der Waals surface area contributed by atoms with Crippen molar-refractivity contribution in [2.24, 2.45) is 11.8 Å². The molecule has 43 heavy (non-hydrogen) atoms. The van der Waals surface area contributed by atoms with Gasteiger partial charge in [0.05, 0.1) is 30.6 Å². The lowest BCUT2D eigenvalue weighted by Crippen LogP contribution is -2.58. The molecule has 3 amide bonds. The minimum atomic E-state index is -1.35. The van der Waals surface area contributed by atoms with Crippen molar-refractivity contribution in [1.29, 1.82) is 0 Å². The Morgan fingerprint density at radius 3 is 2.35 bits per heavy atom. The maximum absolute atomic E-state index is 14.8. The Morgan fingerprint density at radius 1 is 0.953 bits per heavy atom. The van der Waals surface area contributed by atoms with Gasteiger partial charge in [-0.25, -0.2) is 0 Å². The number of likely N-dealkylation sites (N-methyl/N-ethyl adjacent to an activating group) is 1. The van der Waals surface area contributed by atoms with Gasteiger partial charge in [0, 0.05) is 44.6 Å². The second-order valence-corrected chi connectivity index (χ2v) is 11.8. The molecule has 0 radical (unpaired) electrons. The van der Waals surface area contributed by atoms with Crippen LogP contribution in [0.25, 0.3) is 0 Å². The first-order valence-corrected chi connectivity index (χ1v) is 15.2. The molecular formula is C34H40N4O5. The molecule has 6 rings (SSSR count). The van der Waals surface area contributed by atoms with E-state index in [0.29, 0.717) is 25.2 Å². The molecule has 9 heteroatoms. The maximum atomic E-state index is 14.8. The third-order valence-electron chi connectivity index (χ3n) is 9.51. The van der Waals surface area contributed by atoms with Gasteiger partial charge in [0.25, 0.3) is 5.91 Å². The summed E-state index contributed by atoms with van der Waals surface area (Å²) in [4.78, 5) is 50.1. The van der Waals surface area contributed by atoms with Gasteiger partial charge in [-0.15, -0.1) is 0 Å². The Bertz CT molecular complexity index is 1420. The lowest BCUT2D eigenvalue weighted by Gasteiger charge is -2.38. The number of hydrogen-bond acceptors (Lipinski definition) is 6. The number of hydrogen-bond donors (Lipinski definition) is 1. The molecule has 0 aliphatic carbocycles. The van der Waals surface area contributed by atoms with Crippen LogP contribution in [0, 0.1) is 11.8 Å². The second-order valence-electron chi connectivity index (χ2n) is 11.8. The third-order valence-corrected chi connectivity index (χ3v) is 9.51. The summed E-state index contributed by atoms with van der Waals surface area (Å²) in [6, 6.07) is 15.8. The van der Waals surface area contributed by atoms with Crippen molar-refractivity contribution in [1.82, 2.24) is 9.80 Å². The molecule has 0 bridgehead atoms. The fourth-order valence-corrected chi connectivity index (χ4v) is 7.40. The highest BCUT2D eigenvalue weighted by Gasteiger charge is 2.72. The maximum Gasteiger partial charge on any atom is 0.253 e. The summed E-state index contributed by atoms with van der Waals surface area (Å²) in [7, 11) is 1.72. The smallest absolute Gasteiger partial charge is 0.253 e. The molecular weight excluding hydrogens is 544 g/mol. The number of likely N-dealkylation sites (tertiary alicyclic amines) is 1. The van der Waals surface area contributed by atoms with Gasteiger partial charge < -0.3 is 29.4 Å². The van der Waals surface area contributed by atoms with Crippen LogP contribution in [0.5, 0.6) is 0 Å². The number of nitrogens with zero attached hydrogens (tertiary/aromatic N) is 4. The van der Waals surface area contributed by atoms with Gasteiger partial charge in [-0.1, -0.05) is 54.6 Å². The minimum Gasteiger partial charge on any atom is -0.394 e. The molecule has 2 aromatic carbocycles. The number of aliphatic hydroxyl groups excluding tert-OH is 1. The number of rotatable bonds is 8. The van der Waals surface area contributed by atoms with Crippen LogP contribution in [0.4, 0.5) is 11.4 Å². The number of carbonyl (C=O) groups is 3. The molecule has 2 saturated heterocycles. The highest BCUT2D eigenvalue weighted by molar-refractivity contribution is 6.06. The van der Waals surface area contributed by atoms with E-state index in [-0.39, 0.29) is 24.3 Å². The highest BCUT2D eigenvalue weighted by Crippen LogP contribution is 2.54. The topological polar surface area (TPSA) is 93.6 Å². The molecule has 4 aliphatic rings. The molecule has 6 atom stereocenters. The van der Waals surface area contributed by atoms with E-state index in [1.165, 1.54) is 4.90 Å². The van der Waals surface area contributed by atoms with Gasteiger partial charge in [-0.2, -0.15) is 0 Å². The van der Waals surface area contributed by atoms with Gasteiger partial charge in [0.1, 0.15) is 11.6 Å². The number of fused-ring (bicyclic) bond motifs is 2. The standard InChI is InChI=1S/C34H40N4O5/c1-4-36(5-2)24-14-16-25(17-15-24)37-20-10-18-34-29(28-27(43-34)13-9-19-35(3)31(28)40)32(41)38(30(34)33(37)42)26(22-39)21-23-11-7-6-8-12-23/h6-18,26-30,39H,4-5,19-22H2,1-3H3/t26-,27+,28-,29+,30?,34+/m1/s1. The summed E-state index contributed by atoms with van der Waals surface area (Å²) in [5.41, 5.74) is 1.37. The van der Waals surface area contributed by atoms with Crippen LogP contribution in [0.15, 0.2) is 78.9 Å². The van der Waals surface area contributed by atoms with Crippen LogP contribution in [0.3, 0.4) is 0 Å². The zero-order valence-electron chi connectivity index (χ0n) is 25.0. The lowest BCUT2D eigenvalue weighted by molar-refractivity contribution is -0.146. The Hall–Kier alpha value is -3.95. The summed E-state index contributed by atoms with van der Waals surface area (Å²) >= 11 is 0. The number of anilines is 2. The Kier molecular flexibility index (Phi) is 7.87.